The van der Waals surface area contributed by atoms with Crippen LogP contribution in [0.25, 0.3) is 10.9 Å². The molecule has 1 saturated heterocycles. The number of nitrogens with zero attached hydrogens (tertiary/aromatic N) is 3. The fourth-order valence-electron chi connectivity index (χ4n) is 3.54. The van der Waals surface area contributed by atoms with Gasteiger partial charge in [0.2, 0.25) is 0 Å². The third kappa shape index (κ3) is 2.92. The molecule has 0 saturated carbocycles. The molecule has 1 fully saturated rings. The molecule has 2 aromatic heterocycles. The molecule has 4 rings (SSSR count). The summed E-state index contributed by atoms with van der Waals surface area (Å²) in [5.41, 5.74) is 2.45. The molecule has 7 heteroatoms. The molecule has 0 aliphatic carbocycles. The number of carboxylic acid groups (broad SMARTS) is 1. The first-order valence-corrected chi connectivity index (χ1v) is 8.54. The van der Waals surface area contributed by atoms with Gasteiger partial charge < -0.3 is 15.0 Å². The van der Waals surface area contributed by atoms with E-state index < -0.39 is 5.97 Å². The van der Waals surface area contributed by atoms with E-state index in [1.807, 2.05) is 12.1 Å². The van der Waals surface area contributed by atoms with E-state index >= 15 is 0 Å². The number of aromatic carboxylic acids is 1. The van der Waals surface area contributed by atoms with Gasteiger partial charge >= 0.3 is 5.97 Å². The van der Waals surface area contributed by atoms with Crippen molar-refractivity contribution in [2.24, 2.45) is 0 Å². The zero-order valence-electron chi connectivity index (χ0n) is 14.1. The number of aromatic amines is 1. The van der Waals surface area contributed by atoms with Gasteiger partial charge in [-0.05, 0) is 30.4 Å². The third-order valence-electron chi connectivity index (χ3n) is 4.93. The van der Waals surface area contributed by atoms with Gasteiger partial charge in [-0.1, -0.05) is 18.2 Å². The van der Waals surface area contributed by atoms with Crippen LogP contribution in [0.5, 0.6) is 0 Å². The van der Waals surface area contributed by atoms with E-state index in [2.05, 4.69) is 33.3 Å². The number of likely N-dealkylation sites (tertiary alicyclic amines) is 1. The molecule has 26 heavy (non-hydrogen) atoms. The van der Waals surface area contributed by atoms with Gasteiger partial charge in [-0.2, -0.15) is 0 Å². The van der Waals surface area contributed by atoms with Crippen molar-refractivity contribution in [2.75, 3.05) is 13.1 Å². The zero-order chi connectivity index (χ0) is 18.1. The fraction of sp³-hybridized carbons (Fsp3) is 0.263. The van der Waals surface area contributed by atoms with Gasteiger partial charge in [0.1, 0.15) is 5.69 Å². The van der Waals surface area contributed by atoms with Crippen LogP contribution < -0.4 is 0 Å². The minimum Gasteiger partial charge on any atom is -0.476 e. The van der Waals surface area contributed by atoms with E-state index in [4.69, 9.17) is 5.11 Å². The van der Waals surface area contributed by atoms with Crippen molar-refractivity contribution in [3.05, 3.63) is 59.8 Å². The first-order valence-electron chi connectivity index (χ1n) is 8.54. The lowest BCUT2D eigenvalue weighted by Crippen LogP contribution is -2.38. The number of H-pyrrole nitrogens is 1. The number of amides is 1. The summed E-state index contributed by atoms with van der Waals surface area (Å²) < 4.78 is 0. The molecule has 0 spiro atoms. The lowest BCUT2D eigenvalue weighted by molar-refractivity contribution is 0.0679. The van der Waals surface area contributed by atoms with Gasteiger partial charge in [-0.3, -0.25) is 4.79 Å². The monoisotopic (exact) mass is 350 g/mol. The highest BCUT2D eigenvalue weighted by Crippen LogP contribution is 2.33. The van der Waals surface area contributed by atoms with Crippen LogP contribution in [0.15, 0.2) is 42.9 Å². The van der Waals surface area contributed by atoms with Crippen molar-refractivity contribution >= 4 is 22.8 Å². The second kappa shape index (κ2) is 6.59. The predicted molar refractivity (Wildman–Crippen MR) is 95.2 cm³/mol. The number of fused-ring (bicyclic) bond motifs is 1. The maximum atomic E-state index is 12.6. The van der Waals surface area contributed by atoms with E-state index in [0.29, 0.717) is 19.0 Å². The standard InChI is InChI=1S/C19H18N4O3/c24-18(16-10-22-17(11-21-16)19(25)26)23-7-5-12(6-8-23)14-9-20-15-4-2-1-3-13(14)15/h1-4,9-12,20H,5-8H2,(H,25,26). The summed E-state index contributed by atoms with van der Waals surface area (Å²) in [6.45, 7) is 1.29. The number of carbonyl (C=O) groups excluding carboxylic acids is 1. The van der Waals surface area contributed by atoms with E-state index in [1.54, 1.807) is 4.90 Å². The Labute approximate surface area is 149 Å². The maximum Gasteiger partial charge on any atom is 0.356 e. The lowest BCUT2D eigenvalue weighted by Gasteiger charge is -2.31. The van der Waals surface area contributed by atoms with Crippen LogP contribution in [0.2, 0.25) is 0 Å². The molecule has 1 aromatic carbocycles. The molecule has 1 aliphatic rings. The van der Waals surface area contributed by atoms with E-state index in [0.717, 1.165) is 24.6 Å². The Morgan fingerprint density at radius 1 is 1.08 bits per heavy atom. The highest BCUT2D eigenvalue weighted by atomic mass is 16.4. The Balaban J connectivity index is 1.44. The summed E-state index contributed by atoms with van der Waals surface area (Å²) in [4.78, 5) is 36.2. The van der Waals surface area contributed by atoms with Gasteiger partial charge in [-0.25, -0.2) is 14.8 Å². The zero-order valence-corrected chi connectivity index (χ0v) is 14.1. The summed E-state index contributed by atoms with van der Waals surface area (Å²) in [6.07, 6.45) is 6.19. The number of hydrogen-bond donors (Lipinski definition) is 2. The van der Waals surface area contributed by atoms with Crippen LogP contribution in [0.3, 0.4) is 0 Å². The van der Waals surface area contributed by atoms with Crippen LogP contribution in [0, 0.1) is 0 Å². The molecule has 0 bridgehead atoms. The van der Waals surface area contributed by atoms with Crippen molar-refractivity contribution in [3.63, 3.8) is 0 Å². The van der Waals surface area contributed by atoms with Gasteiger partial charge in [0.15, 0.2) is 5.69 Å². The predicted octanol–water partition coefficient (Wildman–Crippen LogP) is 2.68. The summed E-state index contributed by atoms with van der Waals surface area (Å²) in [5, 5.41) is 10.1. The quantitative estimate of drug-likeness (QED) is 0.756. The molecule has 3 aromatic rings. The van der Waals surface area contributed by atoms with Crippen molar-refractivity contribution < 1.29 is 14.7 Å². The number of carboxylic acids is 1. The first kappa shape index (κ1) is 16.3. The minimum atomic E-state index is -1.16. The summed E-state index contributed by atoms with van der Waals surface area (Å²) >= 11 is 0. The molecule has 0 radical (unpaired) electrons. The number of aromatic nitrogens is 3. The Morgan fingerprint density at radius 3 is 2.46 bits per heavy atom. The van der Waals surface area contributed by atoms with Crippen molar-refractivity contribution in [3.8, 4) is 0 Å². The lowest BCUT2D eigenvalue weighted by atomic mass is 9.89. The summed E-state index contributed by atoms with van der Waals surface area (Å²) in [7, 11) is 0. The van der Waals surface area contributed by atoms with E-state index in [1.165, 1.54) is 17.1 Å². The van der Waals surface area contributed by atoms with E-state index in [9.17, 15) is 9.59 Å². The topological polar surface area (TPSA) is 99.2 Å². The van der Waals surface area contributed by atoms with Crippen LogP contribution in [-0.2, 0) is 0 Å². The highest BCUT2D eigenvalue weighted by Gasteiger charge is 2.26. The number of rotatable bonds is 3. The number of carbonyl (C=O) groups is 2. The molecule has 0 unspecified atom stereocenters. The molecule has 132 valence electrons. The van der Waals surface area contributed by atoms with Crippen LogP contribution in [-0.4, -0.2) is 49.9 Å². The molecular weight excluding hydrogens is 332 g/mol. The van der Waals surface area contributed by atoms with Crippen molar-refractivity contribution in [1.82, 2.24) is 19.9 Å². The van der Waals surface area contributed by atoms with Gasteiger partial charge in [0.25, 0.3) is 5.91 Å². The Bertz CT molecular complexity index is 956. The number of piperidine rings is 1. The second-order valence-electron chi connectivity index (χ2n) is 6.45. The Hall–Kier alpha value is -3.22. The second-order valence-corrected chi connectivity index (χ2v) is 6.45. The molecule has 3 heterocycles. The van der Waals surface area contributed by atoms with Crippen molar-refractivity contribution in [2.45, 2.75) is 18.8 Å². The molecule has 7 nitrogen and oxygen atoms in total. The number of nitrogens with one attached hydrogen (secondary N) is 1. The SMILES string of the molecule is O=C(O)c1cnc(C(=O)N2CCC(c3c[nH]c4ccccc34)CC2)cn1. The van der Waals surface area contributed by atoms with E-state index in [-0.39, 0.29) is 17.3 Å². The fourth-order valence-corrected chi connectivity index (χ4v) is 3.54. The van der Waals surface area contributed by atoms with Crippen molar-refractivity contribution in [1.29, 1.82) is 0 Å². The number of para-hydroxylation sites is 1. The Morgan fingerprint density at radius 2 is 1.77 bits per heavy atom. The molecule has 0 atom stereocenters. The minimum absolute atomic E-state index is 0.167. The summed E-state index contributed by atoms with van der Waals surface area (Å²) in [5.74, 6) is -0.946. The van der Waals surface area contributed by atoms with Gasteiger partial charge in [0.05, 0.1) is 12.4 Å². The van der Waals surface area contributed by atoms with Crippen LogP contribution in [0.4, 0.5) is 0 Å². The number of benzene rings is 1. The maximum absolute atomic E-state index is 12.6. The van der Waals surface area contributed by atoms with Crippen LogP contribution in [0.1, 0.15) is 45.3 Å². The Kier molecular flexibility index (Phi) is 4.12. The molecule has 1 amide bonds. The molecule has 2 N–H and O–H groups in total. The van der Waals surface area contributed by atoms with Crippen LogP contribution >= 0.6 is 0 Å². The average molecular weight is 350 g/mol. The largest absolute Gasteiger partial charge is 0.476 e. The first-order chi connectivity index (χ1) is 12.6. The normalized spacial score (nSPS) is 15.3. The molecule has 1 aliphatic heterocycles. The number of hydrogen-bond acceptors (Lipinski definition) is 4. The smallest absolute Gasteiger partial charge is 0.356 e. The van der Waals surface area contributed by atoms with Gasteiger partial charge in [-0.15, -0.1) is 0 Å². The third-order valence-corrected chi connectivity index (χ3v) is 4.93. The average Bonchev–Trinajstić information content (AvgIpc) is 3.12. The van der Waals surface area contributed by atoms with Gasteiger partial charge in [0, 0.05) is 30.2 Å². The summed E-state index contributed by atoms with van der Waals surface area (Å²) in [6, 6.07) is 8.24. The highest BCUT2D eigenvalue weighted by molar-refractivity contribution is 5.93. The molecular formula is C19H18N4O3.